The van der Waals surface area contributed by atoms with E-state index in [0.717, 1.165) is 22.1 Å². The number of hydrogen-bond donors (Lipinski definition) is 3. The molecule has 1 aromatic heterocycles. The van der Waals surface area contributed by atoms with E-state index in [1.807, 2.05) is 36.4 Å². The van der Waals surface area contributed by atoms with Crippen LogP contribution in [0.2, 0.25) is 0 Å². The summed E-state index contributed by atoms with van der Waals surface area (Å²) < 4.78 is 5.32. The highest BCUT2D eigenvalue weighted by Gasteiger charge is 2.15. The molecule has 0 aliphatic carbocycles. The summed E-state index contributed by atoms with van der Waals surface area (Å²) in [4.78, 5) is 38.7. The summed E-state index contributed by atoms with van der Waals surface area (Å²) >= 11 is 0. The predicted octanol–water partition coefficient (Wildman–Crippen LogP) is 1.71. The van der Waals surface area contributed by atoms with Crippen molar-refractivity contribution in [3.05, 3.63) is 74.1 Å². The lowest BCUT2D eigenvalue weighted by atomic mass is 10.0. The molecule has 0 atom stereocenters. The number of fused-ring (bicyclic) bond motifs is 1. The van der Waals surface area contributed by atoms with Gasteiger partial charge in [-0.1, -0.05) is 30.3 Å². The van der Waals surface area contributed by atoms with Crippen molar-refractivity contribution in [3.63, 3.8) is 0 Å². The molecule has 7 nitrogen and oxygen atoms in total. The fourth-order valence-electron chi connectivity index (χ4n) is 2.84. The fraction of sp³-hybridized carbons (Fsp3) is 0.167. The molecule has 2 aromatic carbocycles. The van der Waals surface area contributed by atoms with Crippen molar-refractivity contribution in [2.24, 2.45) is 0 Å². The number of aryl methyl sites for hydroxylation is 1. The molecule has 1 heterocycles. The van der Waals surface area contributed by atoms with E-state index in [2.05, 4.69) is 9.97 Å². The first-order valence-electron chi connectivity index (χ1n) is 7.64. The fourth-order valence-corrected chi connectivity index (χ4v) is 2.84. The second-order valence-corrected chi connectivity index (χ2v) is 5.58. The van der Waals surface area contributed by atoms with Gasteiger partial charge in [0.05, 0.1) is 7.11 Å². The second kappa shape index (κ2) is 6.64. The maximum Gasteiger partial charge on any atom is 0.352 e. The molecule has 128 valence electrons. The smallest absolute Gasteiger partial charge is 0.352 e. The Balaban J connectivity index is 1.92. The third kappa shape index (κ3) is 3.30. The first-order valence-corrected chi connectivity index (χ1v) is 7.64. The Morgan fingerprint density at radius 1 is 1.12 bits per heavy atom. The van der Waals surface area contributed by atoms with Crippen LogP contribution in [0.25, 0.3) is 10.8 Å². The standard InChI is InChI=1S/C18H16N2O5/c1-25-14-4-2-3-11-9-10(5-7-12(11)14)6-8-13-15(17(22)23)19-18(24)20-16(13)21/h2-5,7,9H,6,8H2,1H3,(H,22,23)(H2,19,20,21,24). The maximum atomic E-state index is 11.9. The number of carboxylic acid groups (broad SMARTS) is 1. The van der Waals surface area contributed by atoms with Gasteiger partial charge in [0.25, 0.3) is 5.56 Å². The minimum Gasteiger partial charge on any atom is -0.496 e. The van der Waals surface area contributed by atoms with Gasteiger partial charge in [-0.3, -0.25) is 9.78 Å². The van der Waals surface area contributed by atoms with Crippen LogP contribution in [-0.4, -0.2) is 28.2 Å². The summed E-state index contributed by atoms with van der Waals surface area (Å²) in [6.45, 7) is 0. The Morgan fingerprint density at radius 3 is 2.64 bits per heavy atom. The predicted molar refractivity (Wildman–Crippen MR) is 92.6 cm³/mol. The van der Waals surface area contributed by atoms with E-state index in [1.165, 1.54) is 0 Å². The van der Waals surface area contributed by atoms with E-state index in [4.69, 9.17) is 4.74 Å². The van der Waals surface area contributed by atoms with Gasteiger partial charge >= 0.3 is 11.7 Å². The van der Waals surface area contributed by atoms with Gasteiger partial charge < -0.3 is 14.8 Å². The van der Waals surface area contributed by atoms with Crippen molar-refractivity contribution in [2.75, 3.05) is 7.11 Å². The van der Waals surface area contributed by atoms with Gasteiger partial charge in [-0.2, -0.15) is 0 Å². The Labute approximate surface area is 141 Å². The lowest BCUT2D eigenvalue weighted by Gasteiger charge is -2.08. The van der Waals surface area contributed by atoms with E-state index in [-0.39, 0.29) is 17.7 Å². The van der Waals surface area contributed by atoms with Gasteiger partial charge in [0.1, 0.15) is 11.4 Å². The van der Waals surface area contributed by atoms with Gasteiger partial charge in [0.15, 0.2) is 0 Å². The Morgan fingerprint density at radius 2 is 1.92 bits per heavy atom. The minimum atomic E-state index is -1.33. The molecule has 25 heavy (non-hydrogen) atoms. The topological polar surface area (TPSA) is 112 Å². The number of H-pyrrole nitrogens is 2. The molecule has 0 fully saturated rings. The SMILES string of the molecule is COc1cccc2cc(CCc3c(C(=O)O)[nH]c(=O)[nH]c3=O)ccc12. The summed E-state index contributed by atoms with van der Waals surface area (Å²) in [7, 11) is 1.61. The molecule has 0 amide bonds. The molecule has 0 saturated heterocycles. The Kier molecular flexibility index (Phi) is 4.38. The molecule has 0 unspecified atom stereocenters. The zero-order valence-corrected chi connectivity index (χ0v) is 13.5. The van der Waals surface area contributed by atoms with Crippen molar-refractivity contribution in [1.29, 1.82) is 0 Å². The largest absolute Gasteiger partial charge is 0.496 e. The molecule has 0 bridgehead atoms. The van der Waals surface area contributed by atoms with Crippen LogP contribution >= 0.6 is 0 Å². The lowest BCUT2D eigenvalue weighted by molar-refractivity contribution is 0.0688. The number of rotatable bonds is 5. The maximum absolute atomic E-state index is 11.9. The van der Waals surface area contributed by atoms with Crippen molar-refractivity contribution < 1.29 is 14.6 Å². The quantitative estimate of drug-likeness (QED) is 0.654. The van der Waals surface area contributed by atoms with Crippen LogP contribution < -0.4 is 16.0 Å². The summed E-state index contributed by atoms with van der Waals surface area (Å²) in [5, 5.41) is 11.1. The molecule has 3 aromatic rings. The van der Waals surface area contributed by atoms with Crippen LogP contribution in [0.5, 0.6) is 5.75 Å². The van der Waals surface area contributed by atoms with Crippen molar-refractivity contribution in [2.45, 2.75) is 12.8 Å². The monoisotopic (exact) mass is 340 g/mol. The van der Waals surface area contributed by atoms with Crippen LogP contribution in [0.3, 0.4) is 0 Å². The highest BCUT2D eigenvalue weighted by atomic mass is 16.5. The first-order chi connectivity index (χ1) is 12.0. The van der Waals surface area contributed by atoms with Gasteiger partial charge in [-0.05, 0) is 29.9 Å². The van der Waals surface area contributed by atoms with Crippen molar-refractivity contribution >= 4 is 16.7 Å². The molecular weight excluding hydrogens is 324 g/mol. The molecule has 0 spiro atoms. The van der Waals surface area contributed by atoms with Gasteiger partial charge in [-0.25, -0.2) is 9.59 Å². The highest BCUT2D eigenvalue weighted by Crippen LogP contribution is 2.26. The third-order valence-corrected chi connectivity index (χ3v) is 4.04. The number of nitrogens with one attached hydrogen (secondary N) is 2. The van der Waals surface area contributed by atoms with Crippen LogP contribution in [0.4, 0.5) is 0 Å². The molecular formula is C18H16N2O5. The molecule has 0 aliphatic heterocycles. The number of aromatic nitrogens is 2. The zero-order valence-electron chi connectivity index (χ0n) is 13.5. The molecule has 0 aliphatic rings. The molecule has 0 saturated carbocycles. The summed E-state index contributed by atoms with van der Waals surface area (Å²) in [5.41, 5.74) is -0.871. The van der Waals surface area contributed by atoms with Crippen molar-refractivity contribution in [1.82, 2.24) is 9.97 Å². The number of carboxylic acids is 1. The first kappa shape index (κ1) is 16.5. The van der Waals surface area contributed by atoms with Crippen LogP contribution in [0, 0.1) is 0 Å². The number of aromatic amines is 2. The number of benzene rings is 2. The number of aromatic carboxylic acids is 1. The average molecular weight is 340 g/mol. The van der Waals surface area contributed by atoms with Gasteiger partial charge in [0.2, 0.25) is 0 Å². The lowest BCUT2D eigenvalue weighted by Crippen LogP contribution is -2.30. The number of methoxy groups -OCH3 is 1. The normalized spacial score (nSPS) is 10.8. The summed E-state index contributed by atoms with van der Waals surface area (Å²) in [6.07, 6.45) is 0.659. The zero-order chi connectivity index (χ0) is 18.0. The van der Waals surface area contributed by atoms with Crippen LogP contribution in [0.15, 0.2) is 46.0 Å². The summed E-state index contributed by atoms with van der Waals surface area (Å²) in [5.74, 6) is -0.559. The van der Waals surface area contributed by atoms with E-state index in [1.54, 1.807) is 7.11 Å². The van der Waals surface area contributed by atoms with E-state index in [0.29, 0.717) is 6.42 Å². The van der Waals surface area contributed by atoms with E-state index >= 15 is 0 Å². The van der Waals surface area contributed by atoms with Crippen molar-refractivity contribution in [3.8, 4) is 5.75 Å². The third-order valence-electron chi connectivity index (χ3n) is 4.04. The molecule has 7 heteroatoms. The Hall–Kier alpha value is -3.35. The van der Waals surface area contributed by atoms with Gasteiger partial charge in [-0.15, -0.1) is 0 Å². The number of ether oxygens (including phenoxy) is 1. The second-order valence-electron chi connectivity index (χ2n) is 5.58. The van der Waals surface area contributed by atoms with Crippen LogP contribution in [-0.2, 0) is 12.8 Å². The number of hydrogen-bond acceptors (Lipinski definition) is 4. The molecule has 3 N–H and O–H groups in total. The minimum absolute atomic E-state index is 0.0536. The highest BCUT2D eigenvalue weighted by molar-refractivity contribution is 5.89. The van der Waals surface area contributed by atoms with Crippen LogP contribution in [0.1, 0.15) is 21.6 Å². The van der Waals surface area contributed by atoms with Gasteiger partial charge in [0, 0.05) is 10.9 Å². The molecule has 0 radical (unpaired) electrons. The molecule has 3 rings (SSSR count). The average Bonchev–Trinajstić information content (AvgIpc) is 2.59. The summed E-state index contributed by atoms with van der Waals surface area (Å²) in [6, 6.07) is 11.5. The van der Waals surface area contributed by atoms with E-state index < -0.39 is 17.2 Å². The Bertz CT molecular complexity index is 1060. The number of carbonyl (C=O) groups is 1. The van der Waals surface area contributed by atoms with E-state index in [9.17, 15) is 19.5 Å².